The highest BCUT2D eigenvalue weighted by Gasteiger charge is 2.55. The number of halogens is 1. The fraction of sp³-hybridized carbons (Fsp3) is 0.625. The maximum atomic E-state index is 12.1. The van der Waals surface area contributed by atoms with Crippen LogP contribution in [-0.4, -0.2) is 30.3 Å². The molecule has 2 bridgehead atoms. The molecule has 3 unspecified atom stereocenters. The van der Waals surface area contributed by atoms with Crippen molar-refractivity contribution in [3.8, 4) is 0 Å². The molecule has 6 heteroatoms. The molecular formula is C24H33BClNO3. The zero-order valence-electron chi connectivity index (χ0n) is 18.8. The topological polar surface area (TPSA) is 47.6 Å². The highest BCUT2D eigenvalue weighted by Crippen LogP contribution is 2.52. The normalized spacial score (nSPS) is 31.9. The van der Waals surface area contributed by atoms with Gasteiger partial charge in [0.2, 0.25) is 5.91 Å². The van der Waals surface area contributed by atoms with Gasteiger partial charge in [0.15, 0.2) is 0 Å². The number of benzene rings is 1. The Morgan fingerprint density at radius 3 is 2.37 bits per heavy atom. The molecule has 30 heavy (non-hydrogen) atoms. The second-order valence-corrected chi connectivity index (χ2v) is 10.8. The largest absolute Gasteiger partial charge is 0.490 e. The van der Waals surface area contributed by atoms with Crippen LogP contribution < -0.4 is 5.32 Å². The van der Waals surface area contributed by atoms with Gasteiger partial charge in [0.1, 0.15) is 0 Å². The summed E-state index contributed by atoms with van der Waals surface area (Å²) in [5.41, 5.74) is 1.77. The van der Waals surface area contributed by atoms with Gasteiger partial charge >= 0.3 is 7.12 Å². The van der Waals surface area contributed by atoms with E-state index in [-0.39, 0.29) is 35.7 Å². The Hall–Kier alpha value is -1.30. The minimum atomic E-state index is -0.351. The Balaban J connectivity index is 1.67. The van der Waals surface area contributed by atoms with Crippen LogP contribution in [0.25, 0.3) is 0 Å². The number of hydrogen-bond donors (Lipinski definition) is 1. The summed E-state index contributed by atoms with van der Waals surface area (Å²) in [6.07, 6.45) is 6.72. The zero-order valence-corrected chi connectivity index (χ0v) is 19.5. The van der Waals surface area contributed by atoms with E-state index in [0.717, 1.165) is 30.7 Å². The van der Waals surface area contributed by atoms with Crippen molar-refractivity contribution in [2.45, 2.75) is 89.4 Å². The van der Waals surface area contributed by atoms with Gasteiger partial charge in [0.05, 0.1) is 11.2 Å². The molecule has 0 spiro atoms. The Labute approximate surface area is 185 Å². The molecule has 0 radical (unpaired) electrons. The van der Waals surface area contributed by atoms with E-state index in [1.807, 2.05) is 19.1 Å². The molecule has 1 amide bonds. The van der Waals surface area contributed by atoms with Gasteiger partial charge in [0.25, 0.3) is 0 Å². The molecule has 2 fully saturated rings. The summed E-state index contributed by atoms with van der Waals surface area (Å²) >= 11 is 6.18. The van der Waals surface area contributed by atoms with Gasteiger partial charge in [-0.2, -0.15) is 0 Å². The number of hydrogen-bond acceptors (Lipinski definition) is 3. The maximum Gasteiger partial charge on any atom is 0.490 e. The van der Waals surface area contributed by atoms with E-state index >= 15 is 0 Å². The zero-order chi connectivity index (χ0) is 21.7. The van der Waals surface area contributed by atoms with Gasteiger partial charge in [-0.05, 0) is 82.5 Å². The number of allylic oxidation sites excluding steroid dienone is 2. The molecule has 4 rings (SSSR count). The van der Waals surface area contributed by atoms with Crippen LogP contribution in [0.5, 0.6) is 0 Å². The molecule has 1 N–H and O–H groups in total. The third kappa shape index (κ3) is 3.97. The molecule has 4 nitrogen and oxygen atoms in total. The van der Waals surface area contributed by atoms with E-state index in [9.17, 15) is 4.79 Å². The van der Waals surface area contributed by atoms with Crippen LogP contribution in [0.2, 0.25) is 5.02 Å². The smallest absolute Gasteiger partial charge is 0.400 e. The number of rotatable bonds is 4. The van der Waals surface area contributed by atoms with E-state index in [1.54, 1.807) is 0 Å². The quantitative estimate of drug-likeness (QED) is 0.666. The molecule has 1 heterocycles. The molecule has 1 aromatic carbocycles. The summed E-state index contributed by atoms with van der Waals surface area (Å²) in [5.74, 6) is 0.515. The molecule has 2 aliphatic carbocycles. The fourth-order valence-corrected chi connectivity index (χ4v) is 5.48. The number of nitrogens with one attached hydrogen (secondary N) is 1. The van der Waals surface area contributed by atoms with Crippen molar-refractivity contribution < 1.29 is 14.1 Å². The third-order valence-corrected chi connectivity index (χ3v) is 7.82. The predicted molar refractivity (Wildman–Crippen MR) is 121 cm³/mol. The van der Waals surface area contributed by atoms with E-state index in [4.69, 9.17) is 20.9 Å². The molecule has 1 aromatic rings. The Kier molecular flexibility index (Phi) is 5.61. The van der Waals surface area contributed by atoms with Crippen molar-refractivity contribution in [1.29, 1.82) is 0 Å². The second-order valence-electron chi connectivity index (χ2n) is 10.3. The molecule has 3 atom stereocenters. The van der Waals surface area contributed by atoms with Gasteiger partial charge in [-0.15, -0.1) is 0 Å². The molecular weight excluding hydrogens is 397 g/mol. The molecule has 162 valence electrons. The molecule has 3 aliphatic rings. The first kappa shape index (κ1) is 21.9. The minimum Gasteiger partial charge on any atom is -0.400 e. The minimum absolute atomic E-state index is 0.0487. The lowest BCUT2D eigenvalue weighted by atomic mass is 9.54. The molecule has 1 aliphatic heterocycles. The first-order valence-corrected chi connectivity index (χ1v) is 11.5. The van der Waals surface area contributed by atoms with Gasteiger partial charge in [0, 0.05) is 22.9 Å². The average Bonchev–Trinajstić information content (AvgIpc) is 2.88. The standard InChI is InChI=1S/C24H33BClNO3/c1-6-21(28)27-20-12-16-11-18(25-29-22(2,3)23(4,5)30-25)14-24(13-16,15-20)17-7-9-19(26)10-8-17/h7-11,16,20H,6,12-15H2,1-5H3,(H,27,28). The number of carbonyl (C=O) groups is 1. The first-order valence-electron chi connectivity index (χ1n) is 11.2. The fourth-order valence-electron chi connectivity index (χ4n) is 5.35. The predicted octanol–water partition coefficient (Wildman–Crippen LogP) is 5.23. The van der Waals surface area contributed by atoms with Crippen molar-refractivity contribution in [2.24, 2.45) is 5.92 Å². The Morgan fingerprint density at radius 2 is 1.77 bits per heavy atom. The molecule has 0 aromatic heterocycles. The summed E-state index contributed by atoms with van der Waals surface area (Å²) in [6, 6.07) is 8.43. The van der Waals surface area contributed by atoms with Crippen molar-refractivity contribution in [1.82, 2.24) is 5.32 Å². The average molecular weight is 430 g/mol. The monoisotopic (exact) mass is 429 g/mol. The van der Waals surface area contributed by atoms with Gasteiger partial charge in [-0.25, -0.2) is 0 Å². The van der Waals surface area contributed by atoms with E-state index < -0.39 is 0 Å². The summed E-state index contributed by atoms with van der Waals surface area (Å²) in [7, 11) is -0.314. The number of amides is 1. The van der Waals surface area contributed by atoms with Gasteiger partial charge < -0.3 is 14.6 Å². The van der Waals surface area contributed by atoms with E-state index in [2.05, 4.69) is 51.2 Å². The van der Waals surface area contributed by atoms with Crippen LogP contribution in [0.4, 0.5) is 0 Å². The number of carbonyl (C=O) groups excluding carboxylic acids is 1. The van der Waals surface area contributed by atoms with Crippen molar-refractivity contribution in [3.63, 3.8) is 0 Å². The summed E-state index contributed by atoms with van der Waals surface area (Å²) in [5, 5.41) is 4.00. The van der Waals surface area contributed by atoms with Crippen LogP contribution in [0.1, 0.15) is 72.3 Å². The molecule has 1 saturated carbocycles. The molecule has 1 saturated heterocycles. The lowest BCUT2D eigenvalue weighted by Gasteiger charge is -2.48. The third-order valence-electron chi connectivity index (χ3n) is 7.57. The van der Waals surface area contributed by atoms with Crippen molar-refractivity contribution in [2.75, 3.05) is 0 Å². The first-order chi connectivity index (χ1) is 14.0. The highest BCUT2D eigenvalue weighted by atomic mass is 35.5. The van der Waals surface area contributed by atoms with E-state index in [0.29, 0.717) is 12.3 Å². The van der Waals surface area contributed by atoms with Crippen LogP contribution in [0, 0.1) is 5.92 Å². The van der Waals surface area contributed by atoms with Crippen molar-refractivity contribution in [3.05, 3.63) is 46.4 Å². The van der Waals surface area contributed by atoms with Crippen molar-refractivity contribution >= 4 is 24.6 Å². The lowest BCUT2D eigenvalue weighted by Crippen LogP contribution is -2.49. The summed E-state index contributed by atoms with van der Waals surface area (Å²) in [6.45, 7) is 10.3. The van der Waals surface area contributed by atoms with Crippen LogP contribution in [0.15, 0.2) is 35.8 Å². The SMILES string of the molecule is CCC(=O)NC1CC2C=C(B3OC(C)(C)C(C)(C)O3)CC(c3ccc(Cl)cc3)(C2)C1. The maximum absolute atomic E-state index is 12.1. The number of fused-ring (bicyclic) bond motifs is 2. The highest BCUT2D eigenvalue weighted by molar-refractivity contribution is 6.54. The summed E-state index contributed by atoms with van der Waals surface area (Å²) < 4.78 is 12.8. The Morgan fingerprint density at radius 1 is 1.13 bits per heavy atom. The summed E-state index contributed by atoms with van der Waals surface area (Å²) in [4.78, 5) is 12.1. The van der Waals surface area contributed by atoms with Crippen LogP contribution in [-0.2, 0) is 19.5 Å². The van der Waals surface area contributed by atoms with Gasteiger partial charge in [-0.1, -0.05) is 36.7 Å². The Bertz CT molecular complexity index is 835. The van der Waals surface area contributed by atoms with Crippen LogP contribution >= 0.6 is 11.6 Å². The van der Waals surface area contributed by atoms with E-state index in [1.165, 1.54) is 11.0 Å². The second kappa shape index (κ2) is 7.68. The van der Waals surface area contributed by atoms with Gasteiger partial charge in [-0.3, -0.25) is 4.79 Å². The lowest BCUT2D eigenvalue weighted by molar-refractivity contribution is -0.121. The van der Waals surface area contributed by atoms with Crippen LogP contribution in [0.3, 0.4) is 0 Å².